The molecule has 1 heterocycles. The maximum Gasteiger partial charge on any atom is 0.0669 e. The van der Waals surface area contributed by atoms with Crippen molar-refractivity contribution in [3.63, 3.8) is 0 Å². The van der Waals surface area contributed by atoms with Crippen LogP contribution in [0, 0.1) is 0 Å². The van der Waals surface area contributed by atoms with E-state index in [4.69, 9.17) is 5.73 Å². The number of benzene rings is 1. The van der Waals surface area contributed by atoms with Gasteiger partial charge in [0, 0.05) is 17.7 Å². The lowest BCUT2D eigenvalue weighted by atomic mass is 9.81. The molecule has 0 radical (unpaired) electrons. The molecule has 0 amide bonds. The van der Waals surface area contributed by atoms with Crippen molar-refractivity contribution in [1.82, 2.24) is 4.98 Å². The van der Waals surface area contributed by atoms with E-state index in [0.29, 0.717) is 5.92 Å². The lowest BCUT2D eigenvalue weighted by Crippen LogP contribution is -2.13. The van der Waals surface area contributed by atoms with Crippen LogP contribution in [0.3, 0.4) is 0 Å². The van der Waals surface area contributed by atoms with E-state index in [1.54, 1.807) is 0 Å². The second kappa shape index (κ2) is 4.21. The van der Waals surface area contributed by atoms with Crippen LogP contribution in [0.5, 0.6) is 0 Å². The molecule has 0 atom stereocenters. The molecule has 2 aromatic rings. The minimum Gasteiger partial charge on any atom is -0.397 e. The normalized spacial score (nSPS) is 15.5. The van der Waals surface area contributed by atoms with Gasteiger partial charge in [0.05, 0.1) is 11.4 Å². The molecule has 86 valence electrons. The van der Waals surface area contributed by atoms with Gasteiger partial charge in [0.15, 0.2) is 0 Å². The average molecular weight is 224 g/mol. The van der Waals surface area contributed by atoms with Gasteiger partial charge in [0.25, 0.3) is 0 Å². The van der Waals surface area contributed by atoms with Crippen molar-refractivity contribution >= 4 is 5.69 Å². The Morgan fingerprint density at radius 1 is 1.06 bits per heavy atom. The van der Waals surface area contributed by atoms with Crippen LogP contribution in [0.4, 0.5) is 5.69 Å². The molecule has 0 spiro atoms. The Morgan fingerprint density at radius 2 is 1.82 bits per heavy atom. The molecule has 1 saturated carbocycles. The number of nitrogen functional groups attached to an aromatic ring is 1. The largest absolute Gasteiger partial charge is 0.397 e. The Bertz CT molecular complexity index is 516. The highest BCUT2D eigenvalue weighted by Gasteiger charge is 2.23. The highest BCUT2D eigenvalue weighted by atomic mass is 14.8. The van der Waals surface area contributed by atoms with Crippen LogP contribution in [0.2, 0.25) is 0 Å². The summed E-state index contributed by atoms with van der Waals surface area (Å²) in [6, 6.07) is 12.3. The Hall–Kier alpha value is -1.83. The molecule has 1 aromatic heterocycles. The molecule has 0 aliphatic heterocycles. The molecule has 0 saturated heterocycles. The van der Waals surface area contributed by atoms with Crippen molar-refractivity contribution in [1.29, 1.82) is 0 Å². The summed E-state index contributed by atoms with van der Waals surface area (Å²) in [6.07, 6.45) is 5.65. The molecule has 2 N–H and O–H groups in total. The molecule has 3 rings (SSSR count). The van der Waals surface area contributed by atoms with Crippen molar-refractivity contribution in [3.8, 4) is 11.1 Å². The van der Waals surface area contributed by atoms with Gasteiger partial charge in [-0.1, -0.05) is 36.8 Å². The van der Waals surface area contributed by atoms with E-state index in [1.807, 2.05) is 30.5 Å². The van der Waals surface area contributed by atoms with Gasteiger partial charge in [-0.3, -0.25) is 4.98 Å². The molecule has 17 heavy (non-hydrogen) atoms. The summed E-state index contributed by atoms with van der Waals surface area (Å²) >= 11 is 0. The van der Waals surface area contributed by atoms with E-state index in [0.717, 1.165) is 16.9 Å². The van der Waals surface area contributed by atoms with Gasteiger partial charge < -0.3 is 5.73 Å². The van der Waals surface area contributed by atoms with Gasteiger partial charge in [0.2, 0.25) is 0 Å². The molecule has 1 aromatic carbocycles. The quantitative estimate of drug-likeness (QED) is 0.846. The molecule has 2 heteroatoms. The zero-order valence-electron chi connectivity index (χ0n) is 9.76. The summed E-state index contributed by atoms with van der Waals surface area (Å²) < 4.78 is 0. The number of rotatable bonds is 2. The van der Waals surface area contributed by atoms with E-state index in [-0.39, 0.29) is 0 Å². The molecule has 1 fully saturated rings. The fourth-order valence-corrected chi connectivity index (χ4v) is 2.37. The Kier molecular flexibility index (Phi) is 2.56. The van der Waals surface area contributed by atoms with Gasteiger partial charge in [-0.2, -0.15) is 0 Å². The Labute approximate surface area is 102 Å². The number of nitrogens with zero attached hydrogens (tertiary/aromatic N) is 1. The maximum atomic E-state index is 6.26. The van der Waals surface area contributed by atoms with Gasteiger partial charge >= 0.3 is 0 Å². The highest BCUT2D eigenvalue weighted by molar-refractivity contribution is 5.77. The Balaban J connectivity index is 2.06. The maximum absolute atomic E-state index is 6.26. The van der Waals surface area contributed by atoms with Gasteiger partial charge in [-0.25, -0.2) is 0 Å². The molecule has 2 nitrogen and oxygen atoms in total. The van der Waals surface area contributed by atoms with Crippen molar-refractivity contribution in [3.05, 3.63) is 48.3 Å². The molecular formula is C15H16N2. The second-order valence-electron chi connectivity index (χ2n) is 4.65. The van der Waals surface area contributed by atoms with Gasteiger partial charge in [-0.05, 0) is 24.5 Å². The molecule has 0 unspecified atom stereocenters. The van der Waals surface area contributed by atoms with Crippen molar-refractivity contribution in [2.24, 2.45) is 0 Å². The van der Waals surface area contributed by atoms with E-state index in [2.05, 4.69) is 17.1 Å². The van der Waals surface area contributed by atoms with Gasteiger partial charge in [-0.15, -0.1) is 0 Å². The van der Waals surface area contributed by atoms with E-state index >= 15 is 0 Å². The number of aromatic nitrogens is 1. The predicted octanol–water partition coefficient (Wildman–Crippen LogP) is 3.60. The second-order valence-corrected chi connectivity index (χ2v) is 4.65. The summed E-state index contributed by atoms with van der Waals surface area (Å²) in [5, 5.41) is 0. The van der Waals surface area contributed by atoms with Gasteiger partial charge in [0.1, 0.15) is 0 Å². The molecular weight excluding hydrogens is 208 g/mol. The topological polar surface area (TPSA) is 38.9 Å². The summed E-state index contributed by atoms with van der Waals surface area (Å²) in [6.45, 7) is 0. The predicted molar refractivity (Wildman–Crippen MR) is 70.7 cm³/mol. The highest BCUT2D eigenvalue weighted by Crippen LogP contribution is 2.40. The minimum atomic E-state index is 0.582. The first kappa shape index (κ1) is 10.3. The number of hydrogen-bond donors (Lipinski definition) is 1. The molecule has 1 aliphatic carbocycles. The zero-order valence-corrected chi connectivity index (χ0v) is 9.76. The van der Waals surface area contributed by atoms with Crippen LogP contribution < -0.4 is 5.73 Å². The van der Waals surface area contributed by atoms with E-state index < -0.39 is 0 Å². The Morgan fingerprint density at radius 3 is 2.47 bits per heavy atom. The smallest absolute Gasteiger partial charge is 0.0669 e. The van der Waals surface area contributed by atoms with E-state index in [1.165, 1.54) is 24.8 Å². The first-order chi connectivity index (χ1) is 8.36. The SMILES string of the molecule is Nc1c(-c2ccccc2)ccnc1C1CCC1. The van der Waals surface area contributed by atoms with Crippen LogP contribution in [0.15, 0.2) is 42.6 Å². The van der Waals surface area contributed by atoms with Crippen LogP contribution >= 0.6 is 0 Å². The third-order valence-electron chi connectivity index (χ3n) is 3.60. The summed E-state index contributed by atoms with van der Waals surface area (Å²) in [4.78, 5) is 4.46. The summed E-state index contributed by atoms with van der Waals surface area (Å²) in [5.41, 5.74) is 10.5. The van der Waals surface area contributed by atoms with Crippen molar-refractivity contribution in [2.75, 3.05) is 5.73 Å². The number of anilines is 1. The first-order valence-electron chi connectivity index (χ1n) is 6.16. The molecule has 1 aliphatic rings. The van der Waals surface area contributed by atoms with Crippen LogP contribution in [-0.2, 0) is 0 Å². The number of hydrogen-bond acceptors (Lipinski definition) is 2. The summed E-state index contributed by atoms with van der Waals surface area (Å²) in [5.74, 6) is 0.582. The van der Waals surface area contributed by atoms with Crippen LogP contribution in [0.1, 0.15) is 30.9 Å². The average Bonchev–Trinajstić information content (AvgIpc) is 2.31. The van der Waals surface area contributed by atoms with Crippen LogP contribution in [0.25, 0.3) is 11.1 Å². The number of nitrogens with two attached hydrogens (primary N) is 1. The summed E-state index contributed by atoms with van der Waals surface area (Å²) in [7, 11) is 0. The fourth-order valence-electron chi connectivity index (χ4n) is 2.37. The lowest BCUT2D eigenvalue weighted by molar-refractivity contribution is 0.412. The zero-order chi connectivity index (χ0) is 11.7. The van der Waals surface area contributed by atoms with E-state index in [9.17, 15) is 0 Å². The monoisotopic (exact) mass is 224 g/mol. The van der Waals surface area contributed by atoms with Crippen molar-refractivity contribution in [2.45, 2.75) is 25.2 Å². The standard InChI is InChI=1S/C15H16N2/c16-14-13(11-5-2-1-3-6-11)9-10-17-15(14)12-7-4-8-12/h1-3,5-6,9-10,12H,4,7-8,16H2. The minimum absolute atomic E-state index is 0.582. The van der Waals surface area contributed by atoms with Crippen molar-refractivity contribution < 1.29 is 0 Å². The van der Waals surface area contributed by atoms with Crippen LogP contribution in [-0.4, -0.2) is 4.98 Å². The molecule has 0 bridgehead atoms. The number of pyridine rings is 1. The fraction of sp³-hybridized carbons (Fsp3) is 0.267. The third kappa shape index (κ3) is 1.80. The third-order valence-corrected chi connectivity index (χ3v) is 3.60. The first-order valence-corrected chi connectivity index (χ1v) is 6.16. The lowest BCUT2D eigenvalue weighted by Gasteiger charge is -2.26.